The maximum absolute atomic E-state index is 11.3. The SMILES string of the molecule is NC(C1CC1)C(O)C(=O)NC1CC1. The highest BCUT2D eigenvalue weighted by Gasteiger charge is 2.37. The van der Waals surface area contributed by atoms with E-state index in [2.05, 4.69) is 5.32 Å². The highest BCUT2D eigenvalue weighted by molar-refractivity contribution is 5.81. The third-order valence-corrected chi connectivity index (χ3v) is 2.72. The van der Waals surface area contributed by atoms with Gasteiger partial charge in [-0.05, 0) is 31.6 Å². The maximum Gasteiger partial charge on any atom is 0.250 e. The van der Waals surface area contributed by atoms with Crippen LogP contribution < -0.4 is 11.1 Å². The van der Waals surface area contributed by atoms with E-state index in [9.17, 15) is 9.90 Å². The zero-order chi connectivity index (χ0) is 9.42. The van der Waals surface area contributed by atoms with Gasteiger partial charge in [0.25, 0.3) is 5.91 Å². The molecule has 2 fully saturated rings. The molecule has 1 amide bonds. The second-order valence-corrected chi connectivity index (χ2v) is 4.14. The molecule has 0 spiro atoms. The Morgan fingerprint density at radius 2 is 2.00 bits per heavy atom. The molecule has 0 radical (unpaired) electrons. The van der Waals surface area contributed by atoms with Crippen LogP contribution in [0.25, 0.3) is 0 Å². The van der Waals surface area contributed by atoms with Crippen molar-refractivity contribution in [1.82, 2.24) is 5.32 Å². The molecule has 2 aliphatic carbocycles. The van der Waals surface area contributed by atoms with Crippen LogP contribution >= 0.6 is 0 Å². The van der Waals surface area contributed by atoms with E-state index in [1.54, 1.807) is 0 Å². The summed E-state index contributed by atoms with van der Waals surface area (Å²) in [6.07, 6.45) is 3.17. The molecule has 0 bridgehead atoms. The number of nitrogens with two attached hydrogens (primary N) is 1. The fourth-order valence-corrected chi connectivity index (χ4v) is 1.43. The van der Waals surface area contributed by atoms with Crippen LogP contribution in [0.3, 0.4) is 0 Å². The van der Waals surface area contributed by atoms with E-state index in [1.807, 2.05) is 0 Å². The molecule has 4 N–H and O–H groups in total. The highest BCUT2D eigenvalue weighted by atomic mass is 16.3. The molecule has 0 aromatic heterocycles. The molecular weight excluding hydrogens is 168 g/mol. The van der Waals surface area contributed by atoms with Crippen molar-refractivity contribution in [1.29, 1.82) is 0 Å². The van der Waals surface area contributed by atoms with Crippen LogP contribution in [0.1, 0.15) is 25.7 Å². The van der Waals surface area contributed by atoms with E-state index in [4.69, 9.17) is 5.73 Å². The lowest BCUT2D eigenvalue weighted by atomic mass is 10.1. The van der Waals surface area contributed by atoms with E-state index >= 15 is 0 Å². The lowest BCUT2D eigenvalue weighted by molar-refractivity contribution is -0.130. The van der Waals surface area contributed by atoms with Gasteiger partial charge < -0.3 is 16.2 Å². The molecule has 13 heavy (non-hydrogen) atoms. The highest BCUT2D eigenvalue weighted by Crippen LogP contribution is 2.33. The van der Waals surface area contributed by atoms with Gasteiger partial charge in [0, 0.05) is 12.1 Å². The minimum atomic E-state index is -1.01. The number of hydrogen-bond acceptors (Lipinski definition) is 3. The summed E-state index contributed by atoms with van der Waals surface area (Å²) in [5, 5.41) is 12.3. The number of carbonyl (C=O) groups excluding carboxylic acids is 1. The molecule has 2 atom stereocenters. The number of rotatable bonds is 4. The molecule has 2 rings (SSSR count). The second kappa shape index (κ2) is 3.27. The van der Waals surface area contributed by atoms with Gasteiger partial charge in [-0.25, -0.2) is 0 Å². The Hall–Kier alpha value is -0.610. The molecule has 2 unspecified atom stereocenters. The summed E-state index contributed by atoms with van der Waals surface area (Å²) < 4.78 is 0. The number of amides is 1. The summed E-state index contributed by atoms with van der Waals surface area (Å²) in [5.41, 5.74) is 5.71. The first-order valence-corrected chi connectivity index (χ1v) is 4.92. The number of nitrogens with one attached hydrogen (secondary N) is 1. The summed E-state index contributed by atoms with van der Waals surface area (Å²) in [6, 6.07) is -0.0627. The van der Waals surface area contributed by atoms with E-state index in [0.717, 1.165) is 25.7 Å². The molecule has 4 heteroatoms. The Morgan fingerprint density at radius 3 is 2.46 bits per heavy atom. The quantitative estimate of drug-likeness (QED) is 0.544. The van der Waals surface area contributed by atoms with Crippen molar-refractivity contribution in [3.8, 4) is 0 Å². The zero-order valence-electron chi connectivity index (χ0n) is 7.57. The number of aliphatic hydroxyl groups excluding tert-OH is 1. The molecule has 2 saturated carbocycles. The molecule has 4 nitrogen and oxygen atoms in total. The molecule has 0 saturated heterocycles. The molecule has 0 aliphatic heterocycles. The molecule has 0 aromatic rings. The molecule has 0 heterocycles. The number of carbonyl (C=O) groups is 1. The lowest BCUT2D eigenvalue weighted by Gasteiger charge is -2.17. The van der Waals surface area contributed by atoms with Gasteiger partial charge in [-0.2, -0.15) is 0 Å². The third kappa shape index (κ3) is 2.19. The maximum atomic E-state index is 11.3. The van der Waals surface area contributed by atoms with Gasteiger partial charge >= 0.3 is 0 Å². The van der Waals surface area contributed by atoms with Gasteiger partial charge in [-0.3, -0.25) is 4.79 Å². The summed E-state index contributed by atoms with van der Waals surface area (Å²) in [4.78, 5) is 11.3. The van der Waals surface area contributed by atoms with E-state index in [-0.39, 0.29) is 11.9 Å². The predicted octanol–water partition coefficient (Wildman–Crippen LogP) is -0.637. The second-order valence-electron chi connectivity index (χ2n) is 4.14. The fourth-order valence-electron chi connectivity index (χ4n) is 1.43. The Labute approximate surface area is 77.5 Å². The fraction of sp³-hybridized carbons (Fsp3) is 0.889. The van der Waals surface area contributed by atoms with Crippen molar-refractivity contribution >= 4 is 5.91 Å². The topological polar surface area (TPSA) is 75.3 Å². The van der Waals surface area contributed by atoms with Crippen LogP contribution in [0.5, 0.6) is 0 Å². The first-order chi connectivity index (χ1) is 6.18. The predicted molar refractivity (Wildman–Crippen MR) is 47.9 cm³/mol. The summed E-state index contributed by atoms with van der Waals surface area (Å²) in [6.45, 7) is 0. The molecule has 74 valence electrons. The molecule has 2 aliphatic rings. The van der Waals surface area contributed by atoms with Crippen LogP contribution in [0.4, 0.5) is 0 Å². The smallest absolute Gasteiger partial charge is 0.250 e. The Balaban J connectivity index is 1.79. The average Bonchev–Trinajstić information content (AvgIpc) is 2.93. The largest absolute Gasteiger partial charge is 0.382 e. The molecule has 0 aromatic carbocycles. The van der Waals surface area contributed by atoms with Crippen molar-refractivity contribution in [2.45, 2.75) is 43.9 Å². The van der Waals surface area contributed by atoms with E-state index in [1.165, 1.54) is 0 Å². The minimum absolute atomic E-state index is 0.290. The van der Waals surface area contributed by atoms with Crippen LogP contribution in [-0.4, -0.2) is 29.2 Å². The summed E-state index contributed by atoms with van der Waals surface area (Å²) >= 11 is 0. The van der Waals surface area contributed by atoms with Gasteiger partial charge in [-0.15, -0.1) is 0 Å². The van der Waals surface area contributed by atoms with Crippen LogP contribution in [0.15, 0.2) is 0 Å². The first-order valence-electron chi connectivity index (χ1n) is 4.92. The van der Waals surface area contributed by atoms with Gasteiger partial charge in [0.1, 0.15) is 6.10 Å². The van der Waals surface area contributed by atoms with Crippen molar-refractivity contribution in [2.24, 2.45) is 11.7 Å². The van der Waals surface area contributed by atoms with Crippen molar-refractivity contribution in [3.63, 3.8) is 0 Å². The Morgan fingerprint density at radius 1 is 1.38 bits per heavy atom. The standard InChI is InChI=1S/C9H16N2O2/c10-7(5-1-2-5)8(12)9(13)11-6-3-4-6/h5-8,12H,1-4,10H2,(H,11,13). The van der Waals surface area contributed by atoms with Crippen molar-refractivity contribution < 1.29 is 9.90 Å². The summed E-state index contributed by atoms with van der Waals surface area (Å²) in [7, 11) is 0. The first kappa shape index (κ1) is 8.97. The normalized spacial score (nSPS) is 26.6. The van der Waals surface area contributed by atoms with Gasteiger partial charge in [0.2, 0.25) is 0 Å². The molecular formula is C9H16N2O2. The minimum Gasteiger partial charge on any atom is -0.382 e. The zero-order valence-corrected chi connectivity index (χ0v) is 7.57. The third-order valence-electron chi connectivity index (χ3n) is 2.72. The Bertz CT molecular complexity index is 212. The lowest BCUT2D eigenvalue weighted by Crippen LogP contribution is -2.48. The number of hydrogen-bond donors (Lipinski definition) is 3. The van der Waals surface area contributed by atoms with Gasteiger partial charge in [0.15, 0.2) is 0 Å². The average molecular weight is 184 g/mol. The van der Waals surface area contributed by atoms with E-state index < -0.39 is 6.10 Å². The van der Waals surface area contributed by atoms with Crippen molar-refractivity contribution in [2.75, 3.05) is 0 Å². The number of aliphatic hydroxyl groups is 1. The van der Waals surface area contributed by atoms with Crippen LogP contribution in [-0.2, 0) is 4.79 Å². The van der Waals surface area contributed by atoms with Gasteiger partial charge in [-0.1, -0.05) is 0 Å². The Kier molecular flexibility index (Phi) is 2.26. The van der Waals surface area contributed by atoms with Gasteiger partial charge in [0.05, 0.1) is 0 Å². The summed E-state index contributed by atoms with van der Waals surface area (Å²) in [5.74, 6) is 0.0712. The van der Waals surface area contributed by atoms with Crippen molar-refractivity contribution in [3.05, 3.63) is 0 Å². The monoisotopic (exact) mass is 184 g/mol. The van der Waals surface area contributed by atoms with Crippen LogP contribution in [0, 0.1) is 5.92 Å². The van der Waals surface area contributed by atoms with E-state index in [0.29, 0.717) is 12.0 Å². The van der Waals surface area contributed by atoms with Crippen LogP contribution in [0.2, 0.25) is 0 Å².